The highest BCUT2D eigenvalue weighted by atomic mass is 16.6. The van der Waals surface area contributed by atoms with E-state index in [1.165, 1.54) is 32.1 Å². The van der Waals surface area contributed by atoms with Crippen LogP contribution >= 0.6 is 0 Å². The van der Waals surface area contributed by atoms with Gasteiger partial charge in [-0.05, 0) is 57.6 Å². The van der Waals surface area contributed by atoms with Crippen molar-refractivity contribution in [1.29, 1.82) is 0 Å². The zero-order valence-corrected chi connectivity index (χ0v) is 21.0. The number of carbonyl (C=O) groups is 2. The van der Waals surface area contributed by atoms with Gasteiger partial charge in [0.2, 0.25) is 5.91 Å². The summed E-state index contributed by atoms with van der Waals surface area (Å²) in [5.74, 6) is 0.558. The average molecular weight is 462 g/mol. The van der Waals surface area contributed by atoms with Crippen molar-refractivity contribution in [3.63, 3.8) is 0 Å². The van der Waals surface area contributed by atoms with Gasteiger partial charge in [-0.25, -0.2) is 4.79 Å². The molecule has 0 radical (unpaired) electrons. The molecule has 33 heavy (non-hydrogen) atoms. The van der Waals surface area contributed by atoms with Gasteiger partial charge in [-0.3, -0.25) is 9.78 Å². The number of hydrogen-bond donors (Lipinski definition) is 3. The van der Waals surface area contributed by atoms with Crippen LogP contribution in [0, 0.1) is 11.8 Å². The maximum absolute atomic E-state index is 12.9. The van der Waals surface area contributed by atoms with E-state index in [0.717, 1.165) is 12.1 Å². The lowest BCUT2D eigenvalue weighted by molar-refractivity contribution is -0.124. The molecule has 2 amide bonds. The molecule has 7 heteroatoms. The highest BCUT2D eigenvalue weighted by Crippen LogP contribution is 2.31. The smallest absolute Gasteiger partial charge is 0.407 e. The summed E-state index contributed by atoms with van der Waals surface area (Å²) in [4.78, 5) is 29.7. The van der Waals surface area contributed by atoms with Gasteiger partial charge < -0.3 is 20.5 Å². The molecule has 0 bridgehead atoms. The molecule has 3 N–H and O–H groups in total. The molecular formula is C26H43N3O4. The molecule has 186 valence electrons. The fourth-order valence-electron chi connectivity index (χ4n) is 4.46. The van der Waals surface area contributed by atoms with Gasteiger partial charge >= 0.3 is 6.09 Å². The molecule has 1 heterocycles. The van der Waals surface area contributed by atoms with Crippen LogP contribution in [0.5, 0.6) is 0 Å². The van der Waals surface area contributed by atoms with E-state index in [1.807, 2.05) is 32.0 Å². The number of carbonyl (C=O) groups excluding carboxylic acids is 2. The Bertz CT molecular complexity index is 727. The number of rotatable bonds is 10. The average Bonchev–Trinajstić information content (AvgIpc) is 2.72. The van der Waals surface area contributed by atoms with Crippen molar-refractivity contribution in [2.75, 3.05) is 0 Å². The summed E-state index contributed by atoms with van der Waals surface area (Å²) in [6, 6.07) is 4.98. The molecule has 1 unspecified atom stereocenters. The van der Waals surface area contributed by atoms with Crippen LogP contribution in [0.4, 0.5) is 4.79 Å². The first-order chi connectivity index (χ1) is 15.5. The van der Waals surface area contributed by atoms with Gasteiger partial charge in [0.1, 0.15) is 5.60 Å². The van der Waals surface area contributed by atoms with Gasteiger partial charge in [-0.15, -0.1) is 0 Å². The fourth-order valence-corrected chi connectivity index (χ4v) is 4.46. The second kappa shape index (κ2) is 12.9. The lowest BCUT2D eigenvalue weighted by Gasteiger charge is -2.29. The van der Waals surface area contributed by atoms with Gasteiger partial charge in [0, 0.05) is 6.20 Å². The Kier molecular flexibility index (Phi) is 10.6. The summed E-state index contributed by atoms with van der Waals surface area (Å²) >= 11 is 0. The second-order valence-electron chi connectivity index (χ2n) is 10.8. The first-order valence-corrected chi connectivity index (χ1v) is 12.4. The van der Waals surface area contributed by atoms with E-state index in [1.54, 1.807) is 27.0 Å². The van der Waals surface area contributed by atoms with Crippen LogP contribution in [0.15, 0.2) is 24.4 Å². The third-order valence-electron chi connectivity index (χ3n) is 5.96. The summed E-state index contributed by atoms with van der Waals surface area (Å²) < 4.78 is 5.34. The maximum Gasteiger partial charge on any atom is 0.407 e. The number of aromatic nitrogens is 1. The number of pyridine rings is 1. The molecule has 0 spiro atoms. The number of aliphatic hydroxyl groups excluding tert-OH is 1. The largest absolute Gasteiger partial charge is 0.444 e. The highest BCUT2D eigenvalue weighted by molar-refractivity contribution is 5.77. The standard InChI is InChI=1S/C26H43N3O4/c1-18(2)15-22(29-25(32)33-26(3,4)5)23(30)17-24(31)28-21(20-13-9-10-14-27-20)16-19-11-7-6-8-12-19/h9-10,13-14,18-19,21-23,30H,6-8,11-12,15-17H2,1-5H3,(H,28,31)(H,29,32)/t21?,22-,23-/m0/s1. The highest BCUT2D eigenvalue weighted by Gasteiger charge is 2.29. The van der Waals surface area contributed by atoms with Crippen LogP contribution in [0.2, 0.25) is 0 Å². The Morgan fingerprint density at radius 1 is 1.15 bits per heavy atom. The van der Waals surface area contributed by atoms with Gasteiger partial charge in [-0.1, -0.05) is 52.0 Å². The molecule has 1 aliphatic rings. The summed E-state index contributed by atoms with van der Waals surface area (Å²) in [7, 11) is 0. The van der Waals surface area contributed by atoms with Crippen LogP contribution in [0.1, 0.15) is 97.7 Å². The van der Waals surface area contributed by atoms with Gasteiger partial charge in [0.05, 0.1) is 30.3 Å². The predicted octanol–water partition coefficient (Wildman–Crippen LogP) is 4.90. The van der Waals surface area contributed by atoms with E-state index >= 15 is 0 Å². The monoisotopic (exact) mass is 461 g/mol. The van der Waals surface area contributed by atoms with Crippen LogP contribution in [0.25, 0.3) is 0 Å². The lowest BCUT2D eigenvalue weighted by Crippen LogP contribution is -2.47. The van der Waals surface area contributed by atoms with E-state index < -0.39 is 23.8 Å². The van der Waals surface area contributed by atoms with Crippen LogP contribution < -0.4 is 10.6 Å². The van der Waals surface area contributed by atoms with Crippen molar-refractivity contribution in [2.24, 2.45) is 11.8 Å². The predicted molar refractivity (Wildman–Crippen MR) is 130 cm³/mol. The minimum absolute atomic E-state index is 0.0960. The molecule has 1 aliphatic carbocycles. The molecule has 3 atom stereocenters. The summed E-state index contributed by atoms with van der Waals surface area (Å²) in [5, 5.41) is 16.7. The molecule has 0 aliphatic heterocycles. The Hall–Kier alpha value is -2.15. The normalized spacial score (nSPS) is 17.8. The van der Waals surface area contributed by atoms with E-state index in [-0.39, 0.29) is 24.3 Å². The fraction of sp³-hybridized carbons (Fsp3) is 0.731. The van der Waals surface area contributed by atoms with Gasteiger partial charge in [0.25, 0.3) is 0 Å². The zero-order chi connectivity index (χ0) is 24.4. The van der Waals surface area contributed by atoms with Crippen molar-refractivity contribution >= 4 is 12.0 Å². The Morgan fingerprint density at radius 2 is 1.85 bits per heavy atom. The SMILES string of the molecule is CC(C)C[C@H](NC(=O)OC(C)(C)C)[C@@H](O)CC(=O)NC(CC1CCCCC1)c1ccccn1. The summed E-state index contributed by atoms with van der Waals surface area (Å²) in [6.07, 6.45) is 7.55. The molecule has 1 saturated carbocycles. The quantitative estimate of drug-likeness (QED) is 0.460. The number of amides is 2. The van der Waals surface area contributed by atoms with Crippen molar-refractivity contribution in [1.82, 2.24) is 15.6 Å². The summed E-state index contributed by atoms with van der Waals surface area (Å²) in [6.45, 7) is 9.39. The Labute approximate surface area is 199 Å². The molecule has 1 aromatic heterocycles. The van der Waals surface area contributed by atoms with Crippen molar-refractivity contribution < 1.29 is 19.4 Å². The number of aliphatic hydroxyl groups is 1. The molecular weight excluding hydrogens is 418 g/mol. The molecule has 7 nitrogen and oxygen atoms in total. The Morgan fingerprint density at radius 3 is 2.42 bits per heavy atom. The molecule has 0 saturated heterocycles. The van der Waals surface area contributed by atoms with E-state index in [2.05, 4.69) is 15.6 Å². The number of nitrogens with zero attached hydrogens (tertiary/aromatic N) is 1. The number of ether oxygens (including phenoxy) is 1. The molecule has 0 aromatic carbocycles. The zero-order valence-electron chi connectivity index (χ0n) is 21.0. The van der Waals surface area contributed by atoms with Crippen LogP contribution in [0.3, 0.4) is 0 Å². The van der Waals surface area contributed by atoms with E-state index in [4.69, 9.17) is 4.74 Å². The van der Waals surface area contributed by atoms with Gasteiger partial charge in [0.15, 0.2) is 0 Å². The molecule has 1 fully saturated rings. The summed E-state index contributed by atoms with van der Waals surface area (Å²) in [5.41, 5.74) is 0.209. The number of hydrogen-bond acceptors (Lipinski definition) is 5. The molecule has 2 rings (SSSR count). The van der Waals surface area contributed by atoms with E-state index in [0.29, 0.717) is 12.3 Å². The van der Waals surface area contributed by atoms with Crippen molar-refractivity contribution in [2.45, 2.75) is 110 Å². The first-order valence-electron chi connectivity index (χ1n) is 12.4. The topological polar surface area (TPSA) is 101 Å². The maximum atomic E-state index is 12.9. The minimum Gasteiger partial charge on any atom is -0.444 e. The van der Waals surface area contributed by atoms with Crippen LogP contribution in [-0.4, -0.2) is 39.8 Å². The van der Waals surface area contributed by atoms with Crippen molar-refractivity contribution in [3.8, 4) is 0 Å². The first kappa shape index (κ1) is 27.1. The molecule has 1 aromatic rings. The number of nitrogens with one attached hydrogen (secondary N) is 2. The lowest BCUT2D eigenvalue weighted by atomic mass is 9.84. The third kappa shape index (κ3) is 10.5. The second-order valence-corrected chi connectivity index (χ2v) is 10.8. The van der Waals surface area contributed by atoms with Gasteiger partial charge in [-0.2, -0.15) is 0 Å². The minimum atomic E-state index is -1.01. The van der Waals surface area contributed by atoms with E-state index in [9.17, 15) is 14.7 Å². The van der Waals surface area contributed by atoms with Crippen molar-refractivity contribution in [3.05, 3.63) is 30.1 Å². The number of alkyl carbamates (subject to hydrolysis) is 1. The van der Waals surface area contributed by atoms with Crippen LogP contribution in [-0.2, 0) is 9.53 Å². The Balaban J connectivity index is 2.02. The third-order valence-corrected chi connectivity index (χ3v) is 5.96.